The molecular formula is C30H33N7O4S. The molecule has 0 saturated heterocycles. The standard InChI is InChI=1S/C30H33N7O4S/c1-42(40,41)19-20-6-5-9-26(18-20)31-30(39)32-27(23-12-10-22(11-13-23)21-7-3-2-4-8-21)24-14-16-25(17-15-24)28(38)33-29-34-36-37-35-29/h5-6,9-18,21,27H,2-4,7-8,19H2,1H3,(H2,31,32,39)(H2,33,34,35,36,37,38). The predicted octanol–water partition coefficient (Wildman–Crippen LogP) is 4.96. The first kappa shape index (κ1) is 28.9. The number of carbonyl (C=O) groups is 2. The van der Waals surface area contributed by atoms with Crippen LogP contribution in [0.3, 0.4) is 0 Å². The minimum Gasteiger partial charge on any atom is -0.327 e. The van der Waals surface area contributed by atoms with E-state index in [9.17, 15) is 18.0 Å². The molecule has 4 aromatic rings. The number of nitrogens with zero attached hydrogens (tertiary/aromatic N) is 3. The number of aromatic amines is 1. The van der Waals surface area contributed by atoms with Crippen molar-refractivity contribution in [1.29, 1.82) is 0 Å². The first-order valence-corrected chi connectivity index (χ1v) is 15.9. The number of rotatable bonds is 9. The lowest BCUT2D eigenvalue weighted by Gasteiger charge is -2.24. The summed E-state index contributed by atoms with van der Waals surface area (Å²) in [6.07, 6.45) is 7.33. The molecule has 3 aromatic carbocycles. The average molecular weight is 588 g/mol. The first-order chi connectivity index (χ1) is 20.2. The third kappa shape index (κ3) is 7.78. The van der Waals surface area contributed by atoms with Crippen molar-refractivity contribution >= 4 is 33.4 Å². The van der Waals surface area contributed by atoms with Crippen molar-refractivity contribution in [2.45, 2.75) is 49.8 Å². The van der Waals surface area contributed by atoms with E-state index in [1.54, 1.807) is 48.5 Å². The van der Waals surface area contributed by atoms with E-state index in [-0.39, 0.29) is 11.7 Å². The maximum Gasteiger partial charge on any atom is 0.319 e. The average Bonchev–Trinajstić information content (AvgIpc) is 3.49. The van der Waals surface area contributed by atoms with Crippen LogP contribution < -0.4 is 16.0 Å². The van der Waals surface area contributed by atoms with Crippen LogP contribution in [-0.4, -0.2) is 47.2 Å². The smallest absolute Gasteiger partial charge is 0.319 e. The van der Waals surface area contributed by atoms with Crippen molar-refractivity contribution in [3.8, 4) is 0 Å². The Bertz CT molecular complexity index is 1620. The minimum absolute atomic E-state index is 0.0685. The highest BCUT2D eigenvalue weighted by Gasteiger charge is 2.20. The molecule has 4 N–H and O–H groups in total. The van der Waals surface area contributed by atoms with Crippen LogP contribution in [-0.2, 0) is 15.6 Å². The Labute approximate surface area is 244 Å². The number of hydrogen-bond acceptors (Lipinski definition) is 7. The maximum atomic E-state index is 13.2. The maximum absolute atomic E-state index is 13.2. The number of tetrazole rings is 1. The number of aromatic nitrogens is 4. The number of nitrogens with one attached hydrogen (secondary N) is 4. The fraction of sp³-hybridized carbons (Fsp3) is 0.300. The Morgan fingerprint density at radius 2 is 1.62 bits per heavy atom. The van der Waals surface area contributed by atoms with Crippen molar-refractivity contribution < 1.29 is 18.0 Å². The van der Waals surface area contributed by atoms with Crippen molar-refractivity contribution in [3.63, 3.8) is 0 Å². The summed E-state index contributed by atoms with van der Waals surface area (Å²) in [5.74, 6) is 0.112. The van der Waals surface area contributed by atoms with Crippen LogP contribution in [0.15, 0.2) is 72.8 Å². The Kier molecular flexibility index (Phi) is 8.91. The van der Waals surface area contributed by atoms with Crippen LogP contribution in [0.1, 0.15) is 76.7 Å². The molecular weight excluding hydrogens is 554 g/mol. The number of anilines is 2. The minimum atomic E-state index is -3.22. The van der Waals surface area contributed by atoms with E-state index in [0.29, 0.717) is 22.7 Å². The molecule has 3 amide bonds. The third-order valence-corrected chi connectivity index (χ3v) is 8.17. The Balaban J connectivity index is 1.36. The molecule has 1 unspecified atom stereocenters. The lowest BCUT2D eigenvalue weighted by molar-refractivity contribution is 0.102. The van der Waals surface area contributed by atoms with E-state index in [2.05, 4.69) is 48.7 Å². The van der Waals surface area contributed by atoms with Gasteiger partial charge in [0.25, 0.3) is 11.9 Å². The van der Waals surface area contributed by atoms with Gasteiger partial charge in [0.2, 0.25) is 0 Å². The number of hydrogen-bond donors (Lipinski definition) is 4. The van der Waals surface area contributed by atoms with Gasteiger partial charge in [0.1, 0.15) is 0 Å². The normalized spacial score (nSPS) is 14.6. The van der Waals surface area contributed by atoms with Gasteiger partial charge in [-0.2, -0.15) is 5.21 Å². The van der Waals surface area contributed by atoms with Gasteiger partial charge in [-0.15, -0.1) is 5.10 Å². The molecule has 1 aliphatic rings. The third-order valence-electron chi connectivity index (χ3n) is 7.31. The van der Waals surface area contributed by atoms with Crippen LogP contribution in [0.25, 0.3) is 0 Å². The van der Waals surface area contributed by atoms with Gasteiger partial charge in [-0.3, -0.25) is 10.1 Å². The van der Waals surface area contributed by atoms with Crippen molar-refractivity contribution in [3.05, 3.63) is 101 Å². The van der Waals surface area contributed by atoms with E-state index < -0.39 is 27.8 Å². The van der Waals surface area contributed by atoms with Crippen molar-refractivity contribution in [2.24, 2.45) is 0 Å². The van der Waals surface area contributed by atoms with Gasteiger partial charge < -0.3 is 10.6 Å². The monoisotopic (exact) mass is 587 g/mol. The predicted molar refractivity (Wildman–Crippen MR) is 160 cm³/mol. The molecule has 1 aliphatic carbocycles. The lowest BCUT2D eigenvalue weighted by atomic mass is 9.83. The summed E-state index contributed by atoms with van der Waals surface area (Å²) < 4.78 is 23.5. The number of urea groups is 1. The van der Waals surface area contributed by atoms with Gasteiger partial charge in [-0.25, -0.2) is 13.2 Å². The number of H-pyrrole nitrogens is 1. The second-order valence-electron chi connectivity index (χ2n) is 10.6. The number of sulfone groups is 1. The first-order valence-electron chi connectivity index (χ1n) is 13.8. The summed E-state index contributed by atoms with van der Waals surface area (Å²) >= 11 is 0. The van der Waals surface area contributed by atoms with Gasteiger partial charge in [0, 0.05) is 17.5 Å². The second-order valence-corrected chi connectivity index (χ2v) is 12.8. The van der Waals surface area contributed by atoms with Crippen molar-refractivity contribution in [2.75, 3.05) is 16.9 Å². The summed E-state index contributed by atoms with van der Waals surface area (Å²) in [7, 11) is -3.22. The fourth-order valence-corrected chi connectivity index (χ4v) is 6.10. The highest BCUT2D eigenvalue weighted by molar-refractivity contribution is 7.89. The zero-order chi connectivity index (χ0) is 29.5. The van der Waals surface area contributed by atoms with Gasteiger partial charge in [0.15, 0.2) is 9.84 Å². The summed E-state index contributed by atoms with van der Waals surface area (Å²) in [4.78, 5) is 25.8. The molecule has 0 aliphatic heterocycles. The number of carbonyl (C=O) groups excluding carboxylic acids is 2. The lowest BCUT2D eigenvalue weighted by Crippen LogP contribution is -2.33. The molecule has 218 valence electrons. The summed E-state index contributed by atoms with van der Waals surface area (Å²) in [6.45, 7) is 0. The molecule has 11 nitrogen and oxygen atoms in total. The molecule has 1 fully saturated rings. The van der Waals surface area contributed by atoms with Gasteiger partial charge in [-0.05, 0) is 70.5 Å². The SMILES string of the molecule is CS(=O)(=O)Cc1cccc(NC(=O)NC(c2ccc(C(=O)Nc3nn[nH]n3)cc2)c2ccc(C3CCCCC3)cc2)c1. The van der Waals surface area contributed by atoms with Gasteiger partial charge >= 0.3 is 6.03 Å². The molecule has 0 radical (unpaired) electrons. The van der Waals surface area contributed by atoms with Crippen molar-refractivity contribution in [1.82, 2.24) is 25.9 Å². The van der Waals surface area contributed by atoms with Crippen LogP contribution >= 0.6 is 0 Å². The zero-order valence-electron chi connectivity index (χ0n) is 23.2. The van der Waals surface area contributed by atoms with E-state index in [4.69, 9.17) is 0 Å². The van der Waals surface area contributed by atoms with Crippen LogP contribution in [0, 0.1) is 0 Å². The molecule has 0 bridgehead atoms. The van der Waals surface area contributed by atoms with E-state index in [0.717, 1.165) is 11.1 Å². The molecule has 0 spiro atoms. The largest absolute Gasteiger partial charge is 0.327 e. The Morgan fingerprint density at radius 1 is 0.929 bits per heavy atom. The summed E-state index contributed by atoms with van der Waals surface area (Å²) in [6, 6.07) is 21.1. The topological polar surface area (TPSA) is 159 Å². The highest BCUT2D eigenvalue weighted by Crippen LogP contribution is 2.33. The van der Waals surface area contributed by atoms with E-state index in [1.165, 1.54) is 43.9 Å². The van der Waals surface area contributed by atoms with Crippen LogP contribution in [0.5, 0.6) is 0 Å². The zero-order valence-corrected chi connectivity index (χ0v) is 24.0. The summed E-state index contributed by atoms with van der Waals surface area (Å²) in [5, 5.41) is 21.6. The molecule has 42 heavy (non-hydrogen) atoms. The van der Waals surface area contributed by atoms with E-state index >= 15 is 0 Å². The quantitative estimate of drug-likeness (QED) is 0.215. The molecule has 1 heterocycles. The molecule has 1 atom stereocenters. The number of benzene rings is 3. The Morgan fingerprint density at radius 3 is 2.26 bits per heavy atom. The Hall–Kier alpha value is -4.58. The van der Waals surface area contributed by atoms with Gasteiger partial charge in [0.05, 0.1) is 11.8 Å². The molecule has 12 heteroatoms. The molecule has 1 saturated carbocycles. The highest BCUT2D eigenvalue weighted by atomic mass is 32.2. The fourth-order valence-electron chi connectivity index (χ4n) is 5.31. The molecule has 5 rings (SSSR count). The van der Waals surface area contributed by atoms with Crippen LogP contribution in [0.4, 0.5) is 16.4 Å². The van der Waals surface area contributed by atoms with E-state index in [1.807, 2.05) is 12.1 Å². The van der Waals surface area contributed by atoms with Crippen LogP contribution in [0.2, 0.25) is 0 Å². The summed E-state index contributed by atoms with van der Waals surface area (Å²) in [5.41, 5.74) is 4.42. The molecule has 1 aromatic heterocycles. The second kappa shape index (κ2) is 12.9. The van der Waals surface area contributed by atoms with Gasteiger partial charge in [-0.1, -0.05) is 72.9 Å². The number of amides is 3.